The van der Waals surface area contributed by atoms with Gasteiger partial charge in [-0.15, -0.1) is 6.58 Å². The summed E-state index contributed by atoms with van der Waals surface area (Å²) in [5, 5.41) is 3.33. The molecule has 3 nitrogen and oxygen atoms in total. The van der Waals surface area contributed by atoms with Gasteiger partial charge in [-0.2, -0.15) is 0 Å². The van der Waals surface area contributed by atoms with Gasteiger partial charge >= 0.3 is 5.97 Å². The molecule has 1 aliphatic rings. The van der Waals surface area contributed by atoms with Crippen molar-refractivity contribution in [3.05, 3.63) is 12.7 Å². The molecule has 0 unspecified atom stereocenters. The lowest BCUT2D eigenvalue weighted by Gasteiger charge is -2.36. The Bertz CT molecular complexity index is 255. The lowest BCUT2D eigenvalue weighted by molar-refractivity contribution is -0.162. The molecule has 0 bridgehead atoms. The summed E-state index contributed by atoms with van der Waals surface area (Å²) in [6, 6.07) is 0. The summed E-state index contributed by atoms with van der Waals surface area (Å²) in [6.45, 7) is 9.78. The summed E-state index contributed by atoms with van der Waals surface area (Å²) >= 11 is 0. The van der Waals surface area contributed by atoms with Crippen LogP contribution in [0.2, 0.25) is 0 Å². The highest BCUT2D eigenvalue weighted by Gasteiger charge is 2.33. The summed E-state index contributed by atoms with van der Waals surface area (Å²) in [5.74, 6) is 0.405. The molecule has 17 heavy (non-hydrogen) atoms. The first-order valence-corrected chi connectivity index (χ1v) is 6.59. The molecule has 0 aliphatic carbocycles. The van der Waals surface area contributed by atoms with Crippen LogP contribution in [0, 0.1) is 5.92 Å². The molecule has 0 radical (unpaired) electrons. The lowest BCUT2D eigenvalue weighted by Crippen LogP contribution is -2.42. The van der Waals surface area contributed by atoms with Gasteiger partial charge in [-0.1, -0.05) is 6.08 Å². The Morgan fingerprint density at radius 2 is 2.12 bits per heavy atom. The maximum atomic E-state index is 11.7. The van der Waals surface area contributed by atoms with Crippen LogP contribution in [-0.4, -0.2) is 24.7 Å². The van der Waals surface area contributed by atoms with Crippen LogP contribution in [0.3, 0.4) is 0 Å². The standard InChI is InChI=1S/C14H25NO2/c1-4-5-6-7-13(16)17-14(2,3)12-8-10-15-11-9-12/h4,12,15H,1,5-11H2,2-3H3. The highest BCUT2D eigenvalue weighted by atomic mass is 16.6. The largest absolute Gasteiger partial charge is 0.459 e. The van der Waals surface area contributed by atoms with Gasteiger partial charge in [-0.05, 0) is 52.6 Å². The van der Waals surface area contributed by atoms with Crippen LogP contribution in [0.4, 0.5) is 0 Å². The number of carbonyl (C=O) groups excluding carboxylic acids is 1. The third kappa shape index (κ3) is 4.90. The van der Waals surface area contributed by atoms with Crippen molar-refractivity contribution < 1.29 is 9.53 Å². The summed E-state index contributed by atoms with van der Waals surface area (Å²) in [4.78, 5) is 11.7. The number of rotatable bonds is 6. The van der Waals surface area contributed by atoms with Crippen LogP contribution in [0.5, 0.6) is 0 Å². The summed E-state index contributed by atoms with van der Waals surface area (Å²) in [5.41, 5.74) is -0.326. The van der Waals surface area contributed by atoms with Crippen molar-refractivity contribution in [2.24, 2.45) is 5.92 Å². The number of carbonyl (C=O) groups is 1. The first kappa shape index (κ1) is 14.2. The van der Waals surface area contributed by atoms with Crippen molar-refractivity contribution in [1.29, 1.82) is 0 Å². The molecular weight excluding hydrogens is 214 g/mol. The SMILES string of the molecule is C=CCCCC(=O)OC(C)(C)C1CCNCC1. The Morgan fingerprint density at radius 1 is 1.47 bits per heavy atom. The van der Waals surface area contributed by atoms with Crippen molar-refractivity contribution in [3.8, 4) is 0 Å². The first-order valence-electron chi connectivity index (χ1n) is 6.59. The zero-order valence-electron chi connectivity index (χ0n) is 11.1. The number of ether oxygens (including phenoxy) is 1. The number of nitrogens with one attached hydrogen (secondary N) is 1. The van der Waals surface area contributed by atoms with E-state index in [9.17, 15) is 4.79 Å². The molecule has 0 amide bonds. The maximum Gasteiger partial charge on any atom is 0.306 e. The summed E-state index contributed by atoms with van der Waals surface area (Å²) in [6.07, 6.45) is 6.24. The van der Waals surface area contributed by atoms with Gasteiger partial charge in [0.2, 0.25) is 0 Å². The molecule has 0 atom stereocenters. The van der Waals surface area contributed by atoms with Gasteiger partial charge in [0.25, 0.3) is 0 Å². The average molecular weight is 239 g/mol. The van der Waals surface area contributed by atoms with Crippen LogP contribution in [-0.2, 0) is 9.53 Å². The van der Waals surface area contributed by atoms with Crippen molar-refractivity contribution >= 4 is 5.97 Å². The minimum absolute atomic E-state index is 0.0737. The number of allylic oxidation sites excluding steroid dienone is 1. The Labute approximate surface area is 105 Å². The lowest BCUT2D eigenvalue weighted by atomic mass is 9.83. The molecule has 0 saturated carbocycles. The molecule has 1 heterocycles. The predicted octanol–water partition coefficient (Wildman–Crippen LogP) is 2.66. The van der Waals surface area contributed by atoms with Gasteiger partial charge in [0.15, 0.2) is 0 Å². The second-order valence-electron chi connectivity index (χ2n) is 5.28. The van der Waals surface area contributed by atoms with E-state index in [1.165, 1.54) is 0 Å². The Morgan fingerprint density at radius 3 is 2.71 bits per heavy atom. The predicted molar refractivity (Wildman–Crippen MR) is 69.8 cm³/mol. The van der Waals surface area contributed by atoms with E-state index in [0.717, 1.165) is 38.8 Å². The van der Waals surface area contributed by atoms with Crippen LogP contribution in [0.15, 0.2) is 12.7 Å². The van der Waals surface area contributed by atoms with E-state index >= 15 is 0 Å². The molecule has 98 valence electrons. The topological polar surface area (TPSA) is 38.3 Å². The highest BCUT2D eigenvalue weighted by Crippen LogP contribution is 2.29. The van der Waals surface area contributed by atoms with E-state index in [0.29, 0.717) is 12.3 Å². The fourth-order valence-corrected chi connectivity index (χ4v) is 2.34. The molecule has 1 aliphatic heterocycles. The molecular formula is C14H25NO2. The normalized spacial score (nSPS) is 17.8. The van der Waals surface area contributed by atoms with Crippen LogP contribution in [0.25, 0.3) is 0 Å². The molecule has 1 saturated heterocycles. The van der Waals surface area contributed by atoms with Gasteiger partial charge in [0.1, 0.15) is 5.60 Å². The summed E-state index contributed by atoms with van der Waals surface area (Å²) in [7, 11) is 0. The van der Waals surface area contributed by atoms with Gasteiger partial charge < -0.3 is 10.1 Å². The molecule has 1 N–H and O–H groups in total. The van der Waals surface area contributed by atoms with E-state index in [4.69, 9.17) is 4.74 Å². The first-order chi connectivity index (χ1) is 8.06. The Kier molecular flexibility index (Phi) is 5.69. The quantitative estimate of drug-likeness (QED) is 0.440. The number of hydrogen-bond acceptors (Lipinski definition) is 3. The molecule has 0 aromatic rings. The van der Waals surface area contributed by atoms with Crippen molar-refractivity contribution in [2.75, 3.05) is 13.1 Å². The Hall–Kier alpha value is -0.830. The second kappa shape index (κ2) is 6.80. The third-order valence-electron chi connectivity index (χ3n) is 3.49. The summed E-state index contributed by atoms with van der Waals surface area (Å²) < 4.78 is 5.62. The molecule has 1 fully saturated rings. The molecule has 0 aromatic carbocycles. The van der Waals surface area contributed by atoms with Gasteiger partial charge in [-0.25, -0.2) is 0 Å². The van der Waals surface area contributed by atoms with Crippen LogP contribution in [0.1, 0.15) is 46.0 Å². The maximum absolute atomic E-state index is 11.7. The van der Waals surface area contributed by atoms with E-state index in [-0.39, 0.29) is 11.6 Å². The zero-order chi connectivity index (χ0) is 12.7. The van der Waals surface area contributed by atoms with Crippen molar-refractivity contribution in [3.63, 3.8) is 0 Å². The average Bonchev–Trinajstić information content (AvgIpc) is 2.30. The van der Waals surface area contributed by atoms with Crippen molar-refractivity contribution in [2.45, 2.75) is 51.6 Å². The van der Waals surface area contributed by atoms with E-state index in [1.54, 1.807) is 0 Å². The zero-order valence-corrected chi connectivity index (χ0v) is 11.1. The number of piperidine rings is 1. The highest BCUT2D eigenvalue weighted by molar-refractivity contribution is 5.69. The Balaban J connectivity index is 2.35. The number of hydrogen-bond donors (Lipinski definition) is 1. The monoisotopic (exact) mass is 239 g/mol. The fourth-order valence-electron chi connectivity index (χ4n) is 2.34. The van der Waals surface area contributed by atoms with E-state index in [1.807, 2.05) is 19.9 Å². The smallest absolute Gasteiger partial charge is 0.306 e. The van der Waals surface area contributed by atoms with Crippen LogP contribution < -0.4 is 5.32 Å². The minimum Gasteiger partial charge on any atom is -0.459 e. The van der Waals surface area contributed by atoms with E-state index < -0.39 is 0 Å². The van der Waals surface area contributed by atoms with Crippen LogP contribution >= 0.6 is 0 Å². The molecule has 3 heteroatoms. The second-order valence-corrected chi connectivity index (χ2v) is 5.28. The molecule has 0 spiro atoms. The third-order valence-corrected chi connectivity index (χ3v) is 3.49. The number of unbranched alkanes of at least 4 members (excludes halogenated alkanes) is 1. The van der Waals surface area contributed by atoms with Gasteiger partial charge in [-0.3, -0.25) is 4.79 Å². The van der Waals surface area contributed by atoms with E-state index in [2.05, 4.69) is 11.9 Å². The fraction of sp³-hybridized carbons (Fsp3) is 0.786. The molecule has 1 rings (SSSR count). The van der Waals surface area contributed by atoms with Gasteiger partial charge in [0.05, 0.1) is 0 Å². The number of esters is 1. The minimum atomic E-state index is -0.326. The van der Waals surface area contributed by atoms with Gasteiger partial charge in [0, 0.05) is 12.3 Å². The van der Waals surface area contributed by atoms with Crippen molar-refractivity contribution in [1.82, 2.24) is 5.32 Å². The molecule has 0 aromatic heterocycles.